The Hall–Kier alpha value is -4.00. The van der Waals surface area contributed by atoms with Gasteiger partial charge in [0.25, 0.3) is 0 Å². The molecule has 0 radical (unpaired) electrons. The van der Waals surface area contributed by atoms with Gasteiger partial charge in [0.1, 0.15) is 5.69 Å². The molecule has 7 heteroatoms. The first-order chi connectivity index (χ1) is 15.2. The Bertz CT molecular complexity index is 1350. The minimum Gasteiger partial charge on any atom is -0.337 e. The van der Waals surface area contributed by atoms with Crippen LogP contribution in [0.2, 0.25) is 0 Å². The maximum absolute atomic E-state index is 12.1. The number of nitrogens with zero attached hydrogens (tertiary/aromatic N) is 3. The molecule has 7 nitrogen and oxygen atoms in total. The van der Waals surface area contributed by atoms with E-state index in [0.717, 1.165) is 57.4 Å². The molecule has 154 valence electrons. The summed E-state index contributed by atoms with van der Waals surface area (Å²) in [4.78, 5) is 24.4. The molecule has 0 fully saturated rings. The van der Waals surface area contributed by atoms with E-state index in [-0.39, 0.29) is 5.91 Å². The van der Waals surface area contributed by atoms with Crippen molar-refractivity contribution in [2.45, 2.75) is 26.2 Å². The van der Waals surface area contributed by atoms with Crippen molar-refractivity contribution < 1.29 is 4.79 Å². The molecule has 0 aliphatic carbocycles. The van der Waals surface area contributed by atoms with E-state index in [1.807, 2.05) is 42.5 Å². The van der Waals surface area contributed by atoms with Crippen LogP contribution in [0.5, 0.6) is 0 Å². The molecule has 0 atom stereocenters. The molecule has 5 aromatic rings. The zero-order valence-electron chi connectivity index (χ0n) is 17.1. The minimum atomic E-state index is 0.0123. The van der Waals surface area contributed by atoms with Gasteiger partial charge in [-0.2, -0.15) is 5.10 Å². The third-order valence-electron chi connectivity index (χ3n) is 5.29. The number of unbranched alkanes of at least 4 members (excludes halogenated alkanes) is 1. The second-order valence-corrected chi connectivity index (χ2v) is 7.55. The van der Waals surface area contributed by atoms with Crippen molar-refractivity contribution in [1.29, 1.82) is 0 Å². The van der Waals surface area contributed by atoms with E-state index in [4.69, 9.17) is 0 Å². The normalized spacial score (nSPS) is 11.3. The van der Waals surface area contributed by atoms with Crippen molar-refractivity contribution in [3.63, 3.8) is 0 Å². The van der Waals surface area contributed by atoms with E-state index in [9.17, 15) is 4.79 Å². The number of benzene rings is 2. The zero-order chi connectivity index (χ0) is 21.2. The summed E-state index contributed by atoms with van der Waals surface area (Å²) in [5.41, 5.74) is 6.18. The Kier molecular flexibility index (Phi) is 4.92. The molecule has 0 aliphatic heterocycles. The Morgan fingerprint density at radius 1 is 1.03 bits per heavy atom. The average Bonchev–Trinajstić information content (AvgIpc) is 3.41. The molecule has 5 rings (SSSR count). The Labute approximate surface area is 178 Å². The summed E-state index contributed by atoms with van der Waals surface area (Å²) >= 11 is 0. The quantitative estimate of drug-likeness (QED) is 0.354. The van der Waals surface area contributed by atoms with E-state index >= 15 is 0 Å². The lowest BCUT2D eigenvalue weighted by Crippen LogP contribution is -2.11. The number of anilines is 1. The van der Waals surface area contributed by atoms with E-state index in [1.54, 1.807) is 12.4 Å². The summed E-state index contributed by atoms with van der Waals surface area (Å²) in [6, 6.07) is 15.9. The highest BCUT2D eigenvalue weighted by atomic mass is 16.1. The van der Waals surface area contributed by atoms with Gasteiger partial charge in [0.2, 0.25) is 5.91 Å². The van der Waals surface area contributed by atoms with Gasteiger partial charge >= 0.3 is 0 Å². The van der Waals surface area contributed by atoms with Gasteiger partial charge in [-0.05, 0) is 42.3 Å². The maximum Gasteiger partial charge on any atom is 0.224 e. The number of rotatable bonds is 6. The van der Waals surface area contributed by atoms with Gasteiger partial charge in [0.15, 0.2) is 5.82 Å². The summed E-state index contributed by atoms with van der Waals surface area (Å²) in [6.45, 7) is 2.07. The van der Waals surface area contributed by atoms with Crippen LogP contribution in [-0.4, -0.2) is 31.1 Å². The molecule has 31 heavy (non-hydrogen) atoms. The Balaban J connectivity index is 1.49. The van der Waals surface area contributed by atoms with Gasteiger partial charge in [-0.25, -0.2) is 4.98 Å². The number of hydrogen-bond donors (Lipinski definition) is 3. The molecule has 2 aromatic carbocycles. The third kappa shape index (κ3) is 3.77. The summed E-state index contributed by atoms with van der Waals surface area (Å²) < 4.78 is 0. The zero-order valence-corrected chi connectivity index (χ0v) is 17.1. The van der Waals surface area contributed by atoms with Crippen LogP contribution in [0.4, 0.5) is 5.69 Å². The van der Waals surface area contributed by atoms with Gasteiger partial charge in [0.05, 0.1) is 28.4 Å². The number of para-hydroxylation sites is 2. The fourth-order valence-corrected chi connectivity index (χ4v) is 3.67. The Morgan fingerprint density at radius 3 is 2.81 bits per heavy atom. The molecule has 3 heterocycles. The fourth-order valence-electron chi connectivity index (χ4n) is 3.67. The first-order valence-electron chi connectivity index (χ1n) is 10.4. The van der Waals surface area contributed by atoms with Crippen LogP contribution in [0, 0.1) is 0 Å². The first kappa shape index (κ1) is 19.0. The maximum atomic E-state index is 12.1. The highest BCUT2D eigenvalue weighted by molar-refractivity contribution is 5.96. The van der Waals surface area contributed by atoms with E-state index in [0.29, 0.717) is 12.1 Å². The van der Waals surface area contributed by atoms with Crippen LogP contribution in [0.15, 0.2) is 60.9 Å². The van der Waals surface area contributed by atoms with Crippen LogP contribution in [0.3, 0.4) is 0 Å². The van der Waals surface area contributed by atoms with E-state index in [1.165, 1.54) is 0 Å². The molecule has 1 amide bonds. The summed E-state index contributed by atoms with van der Waals surface area (Å²) in [5, 5.41) is 11.5. The third-order valence-corrected chi connectivity index (χ3v) is 5.29. The SMILES string of the molecule is CCCCC(=O)Nc1cncc(-c2ccc3[nH]nc(-c4nc5ccccc5[nH]4)c3c2)c1. The molecule has 0 saturated carbocycles. The number of carbonyl (C=O) groups is 1. The number of fused-ring (bicyclic) bond motifs is 2. The topological polar surface area (TPSA) is 99.3 Å². The van der Waals surface area contributed by atoms with Crippen molar-refractivity contribution in [2.75, 3.05) is 5.32 Å². The van der Waals surface area contributed by atoms with Gasteiger partial charge in [0, 0.05) is 23.6 Å². The summed E-state index contributed by atoms with van der Waals surface area (Å²) in [7, 11) is 0. The number of amides is 1. The second kappa shape index (κ2) is 8.02. The molecule has 0 unspecified atom stereocenters. The number of aromatic amines is 2. The van der Waals surface area contributed by atoms with Crippen LogP contribution in [0.1, 0.15) is 26.2 Å². The monoisotopic (exact) mass is 410 g/mol. The molecule has 0 spiro atoms. The van der Waals surface area contributed by atoms with Gasteiger partial charge in [-0.3, -0.25) is 14.9 Å². The molecule has 0 aliphatic rings. The average molecular weight is 410 g/mol. The van der Waals surface area contributed by atoms with Crippen LogP contribution in [-0.2, 0) is 4.79 Å². The fraction of sp³-hybridized carbons (Fsp3) is 0.167. The summed E-state index contributed by atoms with van der Waals surface area (Å²) in [6.07, 6.45) is 5.85. The summed E-state index contributed by atoms with van der Waals surface area (Å²) in [5.74, 6) is 0.734. The van der Waals surface area contributed by atoms with E-state index in [2.05, 4.69) is 43.5 Å². The van der Waals surface area contributed by atoms with Gasteiger partial charge in [-0.15, -0.1) is 0 Å². The number of hydrogen-bond acceptors (Lipinski definition) is 4. The molecular weight excluding hydrogens is 388 g/mol. The highest BCUT2D eigenvalue weighted by Gasteiger charge is 2.14. The lowest BCUT2D eigenvalue weighted by molar-refractivity contribution is -0.116. The number of imidazole rings is 1. The molecule has 3 N–H and O–H groups in total. The largest absolute Gasteiger partial charge is 0.337 e. The lowest BCUT2D eigenvalue weighted by Gasteiger charge is -2.07. The predicted molar refractivity (Wildman–Crippen MR) is 123 cm³/mol. The van der Waals surface area contributed by atoms with Gasteiger partial charge in [-0.1, -0.05) is 31.5 Å². The molecule has 0 saturated heterocycles. The molecule has 0 bridgehead atoms. The second-order valence-electron chi connectivity index (χ2n) is 7.55. The number of pyridine rings is 1. The van der Waals surface area contributed by atoms with Crippen molar-refractivity contribution >= 4 is 33.5 Å². The predicted octanol–water partition coefficient (Wildman–Crippen LogP) is 5.30. The van der Waals surface area contributed by atoms with E-state index < -0.39 is 0 Å². The van der Waals surface area contributed by atoms with Gasteiger partial charge < -0.3 is 10.3 Å². The smallest absolute Gasteiger partial charge is 0.224 e. The van der Waals surface area contributed by atoms with Crippen LogP contribution in [0.25, 0.3) is 44.6 Å². The number of nitrogens with one attached hydrogen (secondary N) is 3. The number of H-pyrrole nitrogens is 2. The van der Waals surface area contributed by atoms with Crippen molar-refractivity contribution in [2.24, 2.45) is 0 Å². The van der Waals surface area contributed by atoms with Crippen molar-refractivity contribution in [3.05, 3.63) is 60.9 Å². The number of carbonyl (C=O) groups excluding carboxylic acids is 1. The lowest BCUT2D eigenvalue weighted by atomic mass is 10.0. The van der Waals surface area contributed by atoms with Crippen molar-refractivity contribution in [1.82, 2.24) is 25.1 Å². The molecular formula is C24H22N6O. The van der Waals surface area contributed by atoms with Crippen molar-refractivity contribution in [3.8, 4) is 22.6 Å². The first-order valence-corrected chi connectivity index (χ1v) is 10.4. The Morgan fingerprint density at radius 2 is 1.94 bits per heavy atom. The highest BCUT2D eigenvalue weighted by Crippen LogP contribution is 2.30. The standard InChI is InChI=1S/C24H22N6O/c1-2-3-8-22(31)26-17-11-16(13-25-14-17)15-9-10-19-18(12-15)23(30-29-19)24-27-20-6-4-5-7-21(20)28-24/h4-7,9-14H,2-3,8H2,1H3,(H,26,31)(H,27,28)(H,29,30). The molecule has 3 aromatic heterocycles. The van der Waals surface area contributed by atoms with Crippen LogP contribution < -0.4 is 5.32 Å². The minimum absolute atomic E-state index is 0.0123. The number of aromatic nitrogens is 5. The van der Waals surface area contributed by atoms with Crippen LogP contribution >= 0.6 is 0 Å².